The number of carbonyl (C=O) groups excluding carboxylic acids is 1. The SMILES string of the molecule is O=C(O)C1(C(=O)N2CCN3CCCC3C2)COC1. The lowest BCUT2D eigenvalue weighted by atomic mass is 9.84. The van der Waals surface area contributed by atoms with Gasteiger partial charge < -0.3 is 14.7 Å². The Labute approximate surface area is 105 Å². The Morgan fingerprint density at radius 3 is 2.61 bits per heavy atom. The molecule has 1 unspecified atom stereocenters. The first-order valence-electron chi connectivity index (χ1n) is 6.48. The molecule has 100 valence electrons. The summed E-state index contributed by atoms with van der Waals surface area (Å²) in [5.41, 5.74) is -1.30. The molecule has 6 heteroatoms. The van der Waals surface area contributed by atoms with Crippen LogP contribution in [0.2, 0.25) is 0 Å². The molecule has 3 aliphatic rings. The molecule has 0 aliphatic carbocycles. The Morgan fingerprint density at radius 1 is 1.22 bits per heavy atom. The van der Waals surface area contributed by atoms with E-state index < -0.39 is 11.4 Å². The van der Waals surface area contributed by atoms with Crippen LogP contribution in [-0.2, 0) is 14.3 Å². The number of hydrogen-bond acceptors (Lipinski definition) is 4. The van der Waals surface area contributed by atoms with Crippen LogP contribution in [0, 0.1) is 5.41 Å². The van der Waals surface area contributed by atoms with Gasteiger partial charge in [-0.2, -0.15) is 0 Å². The molecule has 6 nitrogen and oxygen atoms in total. The third kappa shape index (κ3) is 1.63. The summed E-state index contributed by atoms with van der Waals surface area (Å²) in [6.45, 7) is 3.34. The van der Waals surface area contributed by atoms with Crippen molar-refractivity contribution in [2.75, 3.05) is 39.4 Å². The van der Waals surface area contributed by atoms with E-state index in [4.69, 9.17) is 4.74 Å². The lowest BCUT2D eigenvalue weighted by Crippen LogP contribution is -2.63. The molecule has 1 N–H and O–H groups in total. The van der Waals surface area contributed by atoms with Gasteiger partial charge in [0, 0.05) is 25.7 Å². The van der Waals surface area contributed by atoms with E-state index in [2.05, 4.69) is 4.90 Å². The van der Waals surface area contributed by atoms with Gasteiger partial charge in [-0.25, -0.2) is 0 Å². The first-order valence-corrected chi connectivity index (χ1v) is 6.48. The normalized spacial score (nSPS) is 30.7. The molecule has 1 atom stereocenters. The molecule has 3 rings (SSSR count). The van der Waals surface area contributed by atoms with E-state index in [1.165, 1.54) is 6.42 Å². The number of carbonyl (C=O) groups is 2. The highest BCUT2D eigenvalue weighted by Gasteiger charge is 2.55. The molecule has 3 fully saturated rings. The number of ether oxygens (including phenoxy) is 1. The minimum absolute atomic E-state index is 0.0199. The van der Waals surface area contributed by atoms with Crippen LogP contribution in [0.25, 0.3) is 0 Å². The molecule has 1 amide bonds. The van der Waals surface area contributed by atoms with Gasteiger partial charge in [0.2, 0.25) is 5.91 Å². The van der Waals surface area contributed by atoms with Crippen LogP contribution in [0.15, 0.2) is 0 Å². The molecule has 0 bridgehead atoms. The van der Waals surface area contributed by atoms with Gasteiger partial charge in [0.05, 0.1) is 13.2 Å². The number of piperazine rings is 1. The number of fused-ring (bicyclic) bond motifs is 1. The van der Waals surface area contributed by atoms with Gasteiger partial charge in [-0.15, -0.1) is 0 Å². The van der Waals surface area contributed by atoms with Crippen molar-refractivity contribution in [3.05, 3.63) is 0 Å². The van der Waals surface area contributed by atoms with Crippen molar-refractivity contribution in [1.29, 1.82) is 0 Å². The van der Waals surface area contributed by atoms with Gasteiger partial charge in [-0.05, 0) is 19.4 Å². The number of nitrogens with zero attached hydrogens (tertiary/aromatic N) is 2. The fraction of sp³-hybridized carbons (Fsp3) is 0.833. The van der Waals surface area contributed by atoms with E-state index in [9.17, 15) is 14.7 Å². The Morgan fingerprint density at radius 2 is 2.00 bits per heavy atom. The number of aliphatic carboxylic acids is 1. The third-order valence-corrected chi connectivity index (χ3v) is 4.39. The summed E-state index contributed by atoms with van der Waals surface area (Å²) in [6.07, 6.45) is 2.29. The molecule has 3 heterocycles. The van der Waals surface area contributed by atoms with Crippen LogP contribution in [-0.4, -0.2) is 72.2 Å². The average molecular weight is 254 g/mol. The highest BCUT2D eigenvalue weighted by atomic mass is 16.5. The molecule has 18 heavy (non-hydrogen) atoms. The molecular formula is C12H18N2O4. The number of rotatable bonds is 2. The molecule has 3 saturated heterocycles. The summed E-state index contributed by atoms with van der Waals surface area (Å²) >= 11 is 0. The van der Waals surface area contributed by atoms with Crippen LogP contribution in [0.1, 0.15) is 12.8 Å². The van der Waals surface area contributed by atoms with Crippen molar-refractivity contribution in [1.82, 2.24) is 9.80 Å². The van der Waals surface area contributed by atoms with E-state index >= 15 is 0 Å². The molecule has 0 aromatic rings. The monoisotopic (exact) mass is 254 g/mol. The van der Waals surface area contributed by atoms with Gasteiger partial charge in [0.25, 0.3) is 0 Å². The molecule has 0 aromatic carbocycles. The van der Waals surface area contributed by atoms with E-state index in [0.717, 1.165) is 19.5 Å². The average Bonchev–Trinajstić information content (AvgIpc) is 2.73. The van der Waals surface area contributed by atoms with Crippen molar-refractivity contribution in [2.45, 2.75) is 18.9 Å². The zero-order valence-electron chi connectivity index (χ0n) is 10.3. The summed E-state index contributed by atoms with van der Waals surface area (Å²) < 4.78 is 4.96. The first kappa shape index (κ1) is 11.9. The second-order valence-electron chi connectivity index (χ2n) is 5.46. The predicted octanol–water partition coefficient (Wildman–Crippen LogP) is -0.606. The second-order valence-corrected chi connectivity index (χ2v) is 5.46. The Hall–Kier alpha value is -1.14. The molecule has 3 aliphatic heterocycles. The van der Waals surface area contributed by atoms with Crippen molar-refractivity contribution >= 4 is 11.9 Å². The largest absolute Gasteiger partial charge is 0.480 e. The first-order chi connectivity index (χ1) is 8.63. The smallest absolute Gasteiger partial charge is 0.324 e. The topological polar surface area (TPSA) is 70.1 Å². The Kier molecular flexibility index (Phi) is 2.79. The van der Waals surface area contributed by atoms with Crippen LogP contribution in [0.4, 0.5) is 0 Å². The van der Waals surface area contributed by atoms with Crippen LogP contribution in [0.5, 0.6) is 0 Å². The maximum Gasteiger partial charge on any atom is 0.324 e. The quantitative estimate of drug-likeness (QED) is 0.666. The summed E-state index contributed by atoms with van der Waals surface area (Å²) in [6, 6.07) is 0.425. The minimum Gasteiger partial charge on any atom is -0.480 e. The predicted molar refractivity (Wildman–Crippen MR) is 62.1 cm³/mol. The fourth-order valence-corrected chi connectivity index (χ4v) is 3.12. The van der Waals surface area contributed by atoms with Crippen molar-refractivity contribution in [3.63, 3.8) is 0 Å². The zero-order chi connectivity index (χ0) is 12.8. The highest BCUT2D eigenvalue weighted by Crippen LogP contribution is 2.32. The van der Waals surface area contributed by atoms with E-state index in [1.807, 2.05) is 0 Å². The molecular weight excluding hydrogens is 236 g/mol. The van der Waals surface area contributed by atoms with Gasteiger partial charge in [-0.1, -0.05) is 0 Å². The van der Waals surface area contributed by atoms with Crippen molar-refractivity contribution in [3.8, 4) is 0 Å². The molecule has 0 aromatic heterocycles. The van der Waals surface area contributed by atoms with Gasteiger partial charge >= 0.3 is 5.97 Å². The highest BCUT2D eigenvalue weighted by molar-refractivity contribution is 6.03. The van der Waals surface area contributed by atoms with Gasteiger partial charge in [0.15, 0.2) is 5.41 Å². The maximum absolute atomic E-state index is 12.4. The number of amides is 1. The van der Waals surface area contributed by atoms with Crippen LogP contribution >= 0.6 is 0 Å². The van der Waals surface area contributed by atoms with Crippen molar-refractivity contribution in [2.24, 2.45) is 5.41 Å². The lowest BCUT2D eigenvalue weighted by Gasteiger charge is -2.44. The minimum atomic E-state index is -1.30. The standard InChI is InChI=1S/C12H18N2O4/c15-10(12(11(16)17)7-18-8-12)14-5-4-13-3-1-2-9(13)6-14/h9H,1-8H2,(H,16,17). The van der Waals surface area contributed by atoms with Crippen LogP contribution < -0.4 is 0 Å². The molecule has 0 saturated carbocycles. The summed E-state index contributed by atoms with van der Waals surface area (Å²) in [7, 11) is 0. The third-order valence-electron chi connectivity index (χ3n) is 4.39. The van der Waals surface area contributed by atoms with Gasteiger partial charge in [0.1, 0.15) is 0 Å². The van der Waals surface area contributed by atoms with E-state index in [1.54, 1.807) is 4.90 Å². The Balaban J connectivity index is 1.71. The number of hydrogen-bond donors (Lipinski definition) is 1. The molecule has 0 radical (unpaired) electrons. The van der Waals surface area contributed by atoms with E-state index in [-0.39, 0.29) is 19.1 Å². The lowest BCUT2D eigenvalue weighted by molar-refractivity contribution is -0.192. The maximum atomic E-state index is 12.4. The Bertz CT molecular complexity index is 380. The van der Waals surface area contributed by atoms with Gasteiger partial charge in [-0.3, -0.25) is 14.5 Å². The number of carboxylic acids is 1. The van der Waals surface area contributed by atoms with Crippen LogP contribution in [0.3, 0.4) is 0 Å². The van der Waals surface area contributed by atoms with Crippen molar-refractivity contribution < 1.29 is 19.4 Å². The van der Waals surface area contributed by atoms with E-state index in [0.29, 0.717) is 19.1 Å². The zero-order valence-corrected chi connectivity index (χ0v) is 10.3. The fourth-order valence-electron chi connectivity index (χ4n) is 3.12. The summed E-state index contributed by atoms with van der Waals surface area (Å²) in [5, 5.41) is 9.23. The second kappa shape index (κ2) is 4.20. The summed E-state index contributed by atoms with van der Waals surface area (Å²) in [5.74, 6) is -1.31. The molecule has 0 spiro atoms. The number of carboxylic acid groups (broad SMARTS) is 1. The summed E-state index contributed by atoms with van der Waals surface area (Å²) in [4.78, 5) is 27.8.